The van der Waals surface area contributed by atoms with Gasteiger partial charge in [0.2, 0.25) is 11.5 Å². The first kappa shape index (κ1) is 35.3. The van der Waals surface area contributed by atoms with Gasteiger partial charge in [-0.25, -0.2) is 9.37 Å². The molecule has 0 saturated carbocycles. The van der Waals surface area contributed by atoms with Crippen LogP contribution in [0.1, 0.15) is 42.6 Å². The molecule has 2 saturated heterocycles. The third kappa shape index (κ3) is 8.01. The summed E-state index contributed by atoms with van der Waals surface area (Å²) in [5.41, 5.74) is -2.43. The number of carbonyl (C=O) groups is 3. The van der Waals surface area contributed by atoms with E-state index in [1.165, 1.54) is 18.3 Å². The maximum Gasteiger partial charge on any atom is 0.417 e. The van der Waals surface area contributed by atoms with Crippen molar-refractivity contribution in [3.63, 3.8) is 0 Å². The van der Waals surface area contributed by atoms with Gasteiger partial charge in [0.05, 0.1) is 28.9 Å². The van der Waals surface area contributed by atoms with Crippen molar-refractivity contribution in [3.05, 3.63) is 70.0 Å². The van der Waals surface area contributed by atoms with Gasteiger partial charge in [-0.15, -0.1) is 0 Å². The predicted molar refractivity (Wildman–Crippen MR) is 174 cm³/mol. The van der Waals surface area contributed by atoms with E-state index in [1.807, 2.05) is 30.7 Å². The Morgan fingerprint density at radius 2 is 1.67 bits per heavy atom. The molecule has 2 amide bonds. The van der Waals surface area contributed by atoms with Gasteiger partial charge in [-0.2, -0.15) is 13.2 Å². The first-order valence-corrected chi connectivity index (χ1v) is 15.7. The lowest BCUT2D eigenvalue weighted by Gasteiger charge is -2.44. The number of benzene rings is 1. The smallest absolute Gasteiger partial charge is 0.417 e. The molecule has 16 heteroatoms. The highest BCUT2D eigenvalue weighted by Gasteiger charge is 2.36. The number of rotatable bonds is 8. The molecule has 12 nitrogen and oxygen atoms in total. The number of piperazine rings is 2. The van der Waals surface area contributed by atoms with E-state index in [-0.39, 0.29) is 42.1 Å². The van der Waals surface area contributed by atoms with E-state index in [4.69, 9.17) is 5.11 Å². The van der Waals surface area contributed by atoms with Crippen LogP contribution < -0.4 is 20.7 Å². The predicted octanol–water partition coefficient (Wildman–Crippen LogP) is 3.89. The van der Waals surface area contributed by atoms with Crippen LogP contribution in [0, 0.1) is 5.82 Å². The highest BCUT2D eigenvalue weighted by atomic mass is 19.4. The normalized spacial score (nSPS) is 18.8. The standard InChI is InChI=1S/C33H37F4N7O5/c1-19-17-44(18-20(2)41(19)3)27-14-25(34)22(12-26(27)40-32(49)23-16-39-29(45)13-24(23)33(35,36)37)21-4-5-28(38-15-21)42-8-10-43(11-9-42)30(46)6-7-31(47)48/h4-5,12-16,19-20H,6-11,17-18H2,1-3H3,(H,39,45)(H,40,49)(H,47,48)/t19-,20+. The number of aromatic nitrogens is 2. The van der Waals surface area contributed by atoms with Gasteiger partial charge in [0.1, 0.15) is 11.6 Å². The molecule has 0 unspecified atom stereocenters. The van der Waals surface area contributed by atoms with Crippen LogP contribution in [0.25, 0.3) is 11.1 Å². The number of H-pyrrole nitrogens is 1. The van der Waals surface area contributed by atoms with Crippen molar-refractivity contribution in [2.24, 2.45) is 0 Å². The van der Waals surface area contributed by atoms with Crippen molar-refractivity contribution in [2.75, 3.05) is 61.4 Å². The van der Waals surface area contributed by atoms with Crippen LogP contribution in [-0.4, -0.2) is 101 Å². The van der Waals surface area contributed by atoms with Crippen molar-refractivity contribution < 1.29 is 37.1 Å². The molecule has 2 aliphatic rings. The maximum absolute atomic E-state index is 15.9. The van der Waals surface area contributed by atoms with Gasteiger partial charge in [-0.1, -0.05) is 0 Å². The summed E-state index contributed by atoms with van der Waals surface area (Å²) in [5.74, 6) is -2.46. The molecule has 0 spiro atoms. The lowest BCUT2D eigenvalue weighted by atomic mass is 10.0. The Morgan fingerprint density at radius 1 is 1.00 bits per heavy atom. The minimum Gasteiger partial charge on any atom is -0.481 e. The zero-order valence-corrected chi connectivity index (χ0v) is 27.2. The lowest BCUT2D eigenvalue weighted by Crippen LogP contribution is -2.55. The fraction of sp³-hybridized carbons (Fsp3) is 0.424. The van der Waals surface area contributed by atoms with Crippen molar-refractivity contribution >= 4 is 35.0 Å². The summed E-state index contributed by atoms with van der Waals surface area (Å²) in [6, 6.07) is 6.36. The number of alkyl halides is 3. The Hall–Kier alpha value is -4.99. The number of carboxylic acid groups (broad SMARTS) is 1. The Morgan fingerprint density at radius 3 is 2.27 bits per heavy atom. The molecule has 3 aromatic rings. The van der Waals surface area contributed by atoms with Crippen molar-refractivity contribution in [3.8, 4) is 11.1 Å². The number of nitrogens with zero attached hydrogens (tertiary/aromatic N) is 5. The van der Waals surface area contributed by atoms with Crippen molar-refractivity contribution in [1.29, 1.82) is 0 Å². The first-order chi connectivity index (χ1) is 23.1. The molecule has 2 fully saturated rings. The van der Waals surface area contributed by atoms with E-state index in [1.54, 1.807) is 17.0 Å². The molecule has 4 heterocycles. The number of pyridine rings is 2. The maximum atomic E-state index is 15.9. The Balaban J connectivity index is 1.43. The second-order valence-corrected chi connectivity index (χ2v) is 12.4. The lowest BCUT2D eigenvalue weighted by molar-refractivity contribution is -0.141. The summed E-state index contributed by atoms with van der Waals surface area (Å²) in [6.45, 7) is 6.59. The van der Waals surface area contributed by atoms with Crippen LogP contribution in [0.3, 0.4) is 0 Å². The van der Waals surface area contributed by atoms with E-state index < -0.39 is 40.6 Å². The fourth-order valence-electron chi connectivity index (χ4n) is 6.12. The van der Waals surface area contributed by atoms with Crippen LogP contribution in [0.15, 0.2) is 47.5 Å². The van der Waals surface area contributed by atoms with Gasteiger partial charge in [-0.05, 0) is 45.2 Å². The van der Waals surface area contributed by atoms with Gasteiger partial charge >= 0.3 is 12.1 Å². The summed E-state index contributed by atoms with van der Waals surface area (Å²) in [5, 5.41) is 11.4. The number of anilines is 3. The summed E-state index contributed by atoms with van der Waals surface area (Å²) in [6.07, 6.45) is -3.13. The summed E-state index contributed by atoms with van der Waals surface area (Å²) >= 11 is 0. The highest BCUT2D eigenvalue weighted by molar-refractivity contribution is 6.07. The number of halogens is 4. The molecule has 0 radical (unpaired) electrons. The molecule has 3 N–H and O–H groups in total. The molecule has 2 atom stereocenters. The molecule has 1 aromatic carbocycles. The van der Waals surface area contributed by atoms with Gasteiger partial charge in [0, 0.05) is 87.4 Å². The largest absolute Gasteiger partial charge is 0.481 e. The molecule has 0 aliphatic carbocycles. The Kier molecular flexibility index (Phi) is 10.3. The van der Waals surface area contributed by atoms with E-state index in [0.717, 1.165) is 0 Å². The van der Waals surface area contributed by atoms with Gasteiger partial charge < -0.3 is 30.1 Å². The zero-order chi connectivity index (χ0) is 35.6. The molecule has 2 aliphatic heterocycles. The SMILES string of the molecule is C[C@@H]1CN(c2cc(F)c(-c3ccc(N4CCN(C(=O)CCC(=O)O)CC4)nc3)cc2NC(=O)c2c[nH]c(=O)cc2C(F)(F)F)C[C@H](C)N1C. The third-order valence-corrected chi connectivity index (χ3v) is 9.08. The number of aromatic amines is 1. The fourth-order valence-corrected chi connectivity index (χ4v) is 6.12. The minimum atomic E-state index is -4.98. The summed E-state index contributed by atoms with van der Waals surface area (Å²) < 4.78 is 57.3. The zero-order valence-electron chi connectivity index (χ0n) is 27.2. The van der Waals surface area contributed by atoms with Gasteiger partial charge in [0.15, 0.2) is 0 Å². The molecular formula is C33H37F4N7O5. The highest BCUT2D eigenvalue weighted by Crippen LogP contribution is 2.37. The molecule has 49 heavy (non-hydrogen) atoms. The first-order valence-electron chi connectivity index (χ1n) is 15.7. The molecule has 2 aromatic heterocycles. The molecule has 5 rings (SSSR count). The number of hydrogen-bond acceptors (Lipinski definition) is 8. The monoisotopic (exact) mass is 687 g/mol. The Labute approximate surface area is 279 Å². The van der Waals surface area contributed by atoms with Crippen LogP contribution in [0.5, 0.6) is 0 Å². The number of nitrogens with one attached hydrogen (secondary N) is 2. The van der Waals surface area contributed by atoms with Gasteiger partial charge in [0.25, 0.3) is 5.91 Å². The third-order valence-electron chi connectivity index (χ3n) is 9.08. The van der Waals surface area contributed by atoms with Crippen molar-refractivity contribution in [2.45, 2.75) is 44.9 Å². The second-order valence-electron chi connectivity index (χ2n) is 12.4. The van der Waals surface area contributed by atoms with Crippen LogP contribution >= 0.6 is 0 Å². The quantitative estimate of drug-likeness (QED) is 0.301. The minimum absolute atomic E-state index is 0.0487. The summed E-state index contributed by atoms with van der Waals surface area (Å²) in [4.78, 5) is 62.3. The van der Waals surface area contributed by atoms with Crippen LogP contribution in [-0.2, 0) is 15.8 Å². The number of hydrogen-bond donors (Lipinski definition) is 3. The van der Waals surface area contributed by atoms with E-state index in [2.05, 4.69) is 20.2 Å². The number of likely N-dealkylation sites (N-methyl/N-ethyl adjacent to an activating group) is 1. The molecular weight excluding hydrogens is 650 g/mol. The average molecular weight is 688 g/mol. The molecule has 0 bridgehead atoms. The molecule has 262 valence electrons. The van der Waals surface area contributed by atoms with E-state index in [9.17, 15) is 32.3 Å². The van der Waals surface area contributed by atoms with Crippen molar-refractivity contribution in [1.82, 2.24) is 19.8 Å². The van der Waals surface area contributed by atoms with Crippen LogP contribution in [0.4, 0.5) is 34.8 Å². The summed E-state index contributed by atoms with van der Waals surface area (Å²) in [7, 11) is 1.96. The topological polar surface area (TPSA) is 142 Å². The Bertz CT molecular complexity index is 1760. The van der Waals surface area contributed by atoms with E-state index >= 15 is 4.39 Å². The number of carbonyl (C=O) groups excluding carboxylic acids is 2. The van der Waals surface area contributed by atoms with E-state index in [0.29, 0.717) is 68.6 Å². The number of aliphatic carboxylic acids is 1. The average Bonchev–Trinajstić information content (AvgIpc) is 3.06. The second kappa shape index (κ2) is 14.2. The van der Waals surface area contributed by atoms with Gasteiger partial charge in [-0.3, -0.25) is 24.1 Å². The number of amides is 2. The number of carboxylic acids is 1. The van der Waals surface area contributed by atoms with Crippen LogP contribution in [0.2, 0.25) is 0 Å².